The smallest absolute Gasteiger partial charge is 0.359 e. The van der Waals surface area contributed by atoms with Crippen molar-refractivity contribution in [3.05, 3.63) is 14.5 Å². The molecule has 0 aromatic carbocycles. The second-order valence-electron chi connectivity index (χ2n) is 2.08. The van der Waals surface area contributed by atoms with E-state index in [4.69, 9.17) is 38.1 Å². The predicted octanol–water partition coefficient (Wildman–Crippen LogP) is 1.62. The molecular formula is C4H4Cl2NO4PS. The van der Waals surface area contributed by atoms with Gasteiger partial charge < -0.3 is 14.9 Å². The molecule has 5 nitrogen and oxygen atoms in total. The van der Waals surface area contributed by atoms with Crippen LogP contribution in [0.5, 0.6) is 0 Å². The molecule has 1 atom stereocenters. The molecule has 0 amide bonds. The molecule has 0 fully saturated rings. The molecule has 0 aliphatic carbocycles. The van der Waals surface area contributed by atoms with Crippen molar-refractivity contribution in [2.75, 3.05) is 0 Å². The van der Waals surface area contributed by atoms with Gasteiger partial charge in [-0.3, -0.25) is 4.57 Å². The van der Waals surface area contributed by atoms with E-state index in [-0.39, 0.29) is 14.5 Å². The Morgan fingerprint density at radius 1 is 1.46 bits per heavy atom. The Morgan fingerprint density at radius 2 is 2.00 bits per heavy atom. The Balaban J connectivity index is 3.09. The first kappa shape index (κ1) is 11.4. The lowest BCUT2D eigenvalue weighted by molar-refractivity contribution is 0.208. The van der Waals surface area contributed by atoms with Gasteiger partial charge in [0.2, 0.25) is 0 Å². The minimum Gasteiger partial charge on any atom is -0.375 e. The molecule has 0 aliphatic heterocycles. The number of aromatic nitrogens is 1. The molecule has 1 rings (SSSR count). The van der Waals surface area contributed by atoms with Crippen molar-refractivity contribution in [2.24, 2.45) is 0 Å². The van der Waals surface area contributed by atoms with Gasteiger partial charge in [-0.1, -0.05) is 23.2 Å². The van der Waals surface area contributed by atoms with Gasteiger partial charge in [-0.25, -0.2) is 4.98 Å². The topological polar surface area (TPSA) is 90.7 Å². The monoisotopic (exact) mass is 263 g/mol. The number of aliphatic hydroxyl groups is 1. The Bertz CT molecular complexity index is 363. The van der Waals surface area contributed by atoms with Crippen LogP contribution in [0.1, 0.15) is 10.7 Å². The molecule has 1 aromatic rings. The molecule has 0 saturated heterocycles. The summed E-state index contributed by atoms with van der Waals surface area (Å²) in [7, 11) is -4.61. The molecule has 9 heteroatoms. The van der Waals surface area contributed by atoms with Crippen LogP contribution in [0, 0.1) is 0 Å². The van der Waals surface area contributed by atoms with E-state index >= 15 is 0 Å². The van der Waals surface area contributed by atoms with Gasteiger partial charge in [-0.05, 0) is 0 Å². The van der Waals surface area contributed by atoms with Crippen molar-refractivity contribution < 1.29 is 19.5 Å². The first-order valence-corrected chi connectivity index (χ1v) is 6.13. The van der Waals surface area contributed by atoms with Gasteiger partial charge in [0.1, 0.15) is 5.15 Å². The van der Waals surface area contributed by atoms with Crippen LogP contribution in [0.3, 0.4) is 0 Å². The van der Waals surface area contributed by atoms with Gasteiger partial charge in [-0.2, -0.15) is 0 Å². The van der Waals surface area contributed by atoms with Crippen molar-refractivity contribution in [1.29, 1.82) is 0 Å². The first-order valence-electron chi connectivity index (χ1n) is 2.87. The number of thiazole rings is 1. The number of hydrogen-bond donors (Lipinski definition) is 3. The van der Waals surface area contributed by atoms with Crippen LogP contribution in [-0.4, -0.2) is 19.9 Å². The van der Waals surface area contributed by atoms with E-state index < -0.39 is 13.4 Å². The Labute approximate surface area is 87.1 Å². The van der Waals surface area contributed by atoms with Crippen LogP contribution < -0.4 is 0 Å². The molecule has 13 heavy (non-hydrogen) atoms. The summed E-state index contributed by atoms with van der Waals surface area (Å²) in [6.07, 6.45) is 0. The fraction of sp³-hybridized carbons (Fsp3) is 0.250. The number of nitrogens with zero attached hydrogens (tertiary/aromatic N) is 1. The molecule has 0 aliphatic rings. The molecule has 1 heterocycles. The van der Waals surface area contributed by atoms with E-state index in [1.807, 2.05) is 0 Å². The summed E-state index contributed by atoms with van der Waals surface area (Å²) in [4.78, 5) is 20.6. The molecule has 0 radical (unpaired) electrons. The van der Waals surface area contributed by atoms with Gasteiger partial charge >= 0.3 is 7.60 Å². The average Bonchev–Trinajstić information content (AvgIpc) is 2.26. The highest BCUT2D eigenvalue weighted by atomic mass is 35.5. The largest absolute Gasteiger partial charge is 0.375 e. The van der Waals surface area contributed by atoms with Gasteiger partial charge in [-0.15, -0.1) is 11.3 Å². The third-order valence-electron chi connectivity index (χ3n) is 1.14. The quantitative estimate of drug-likeness (QED) is 0.706. The highest BCUT2D eigenvalue weighted by Gasteiger charge is 2.32. The lowest BCUT2D eigenvalue weighted by Crippen LogP contribution is -1.96. The van der Waals surface area contributed by atoms with E-state index in [1.54, 1.807) is 0 Å². The van der Waals surface area contributed by atoms with Crippen molar-refractivity contribution in [1.82, 2.24) is 4.98 Å². The van der Waals surface area contributed by atoms with Crippen LogP contribution in [0.25, 0.3) is 0 Å². The number of halogens is 2. The zero-order valence-corrected chi connectivity index (χ0v) is 9.11. The van der Waals surface area contributed by atoms with Crippen LogP contribution >= 0.6 is 42.1 Å². The summed E-state index contributed by atoms with van der Waals surface area (Å²) in [5.41, 5.74) is 0. The maximum Gasteiger partial charge on any atom is 0.359 e. The summed E-state index contributed by atoms with van der Waals surface area (Å²) in [5.74, 6) is -1.95. The van der Waals surface area contributed by atoms with Crippen LogP contribution in [0.15, 0.2) is 0 Å². The molecule has 0 spiro atoms. The second kappa shape index (κ2) is 3.82. The van der Waals surface area contributed by atoms with E-state index in [0.717, 1.165) is 11.3 Å². The minimum atomic E-state index is -4.61. The van der Waals surface area contributed by atoms with E-state index in [2.05, 4.69) is 4.98 Å². The van der Waals surface area contributed by atoms with Crippen molar-refractivity contribution in [2.45, 2.75) is 5.85 Å². The summed E-state index contributed by atoms with van der Waals surface area (Å²) in [6, 6.07) is 0. The molecule has 1 unspecified atom stereocenters. The fourth-order valence-electron chi connectivity index (χ4n) is 0.600. The zero-order valence-electron chi connectivity index (χ0n) is 5.89. The molecule has 0 bridgehead atoms. The maximum atomic E-state index is 10.6. The van der Waals surface area contributed by atoms with E-state index in [1.165, 1.54) is 0 Å². The molecule has 1 aromatic heterocycles. The number of aliphatic hydroxyl groups excluding tert-OH is 1. The number of rotatable bonds is 2. The van der Waals surface area contributed by atoms with Crippen molar-refractivity contribution in [3.8, 4) is 0 Å². The third-order valence-corrected chi connectivity index (χ3v) is 3.82. The highest BCUT2D eigenvalue weighted by molar-refractivity contribution is 7.52. The Morgan fingerprint density at radius 3 is 2.31 bits per heavy atom. The van der Waals surface area contributed by atoms with Crippen LogP contribution in [-0.2, 0) is 4.57 Å². The van der Waals surface area contributed by atoms with E-state index in [9.17, 15) is 4.57 Å². The second-order valence-corrected chi connectivity index (χ2v) is 5.72. The lowest BCUT2D eigenvalue weighted by Gasteiger charge is -2.09. The highest BCUT2D eigenvalue weighted by Crippen LogP contribution is 2.53. The lowest BCUT2D eigenvalue weighted by atomic mass is 10.6. The van der Waals surface area contributed by atoms with Crippen molar-refractivity contribution >= 4 is 42.1 Å². The first-order chi connectivity index (χ1) is 5.82. The van der Waals surface area contributed by atoms with Gasteiger partial charge in [0.05, 0.1) is 4.88 Å². The molecule has 74 valence electrons. The van der Waals surface area contributed by atoms with Crippen molar-refractivity contribution in [3.63, 3.8) is 0 Å². The molecular weight excluding hydrogens is 260 g/mol. The van der Waals surface area contributed by atoms with E-state index in [0.29, 0.717) is 0 Å². The normalized spacial score (nSPS) is 14.5. The third kappa shape index (κ3) is 2.63. The number of hydrogen-bond acceptors (Lipinski definition) is 4. The van der Waals surface area contributed by atoms with Crippen LogP contribution in [0.4, 0.5) is 0 Å². The zero-order chi connectivity index (χ0) is 10.2. The summed E-state index contributed by atoms with van der Waals surface area (Å²) in [6.45, 7) is 0. The molecule has 3 N–H and O–H groups in total. The summed E-state index contributed by atoms with van der Waals surface area (Å²) >= 11 is 11.6. The average molecular weight is 264 g/mol. The Kier molecular flexibility index (Phi) is 3.35. The summed E-state index contributed by atoms with van der Waals surface area (Å²) in [5, 5.41) is 8.93. The maximum absolute atomic E-state index is 10.6. The SMILES string of the molecule is O=P(O)(O)C(O)c1sc(Cl)nc1Cl. The predicted molar refractivity (Wildman–Crippen MR) is 49.1 cm³/mol. The fourth-order valence-corrected chi connectivity index (χ4v) is 2.96. The molecule has 0 saturated carbocycles. The summed E-state index contributed by atoms with van der Waals surface area (Å²) < 4.78 is 10.6. The Hall–Kier alpha value is 0.320. The van der Waals surface area contributed by atoms with Gasteiger partial charge in [0.15, 0.2) is 10.3 Å². The minimum absolute atomic E-state index is 0.0208. The standard InChI is InChI=1S/C4H4Cl2NO4PS/c5-2-1(13-4(6)7-2)3(8)12(9,10)11/h3,8H,(H2,9,10,11). The van der Waals surface area contributed by atoms with Crippen LogP contribution in [0.2, 0.25) is 9.62 Å². The van der Waals surface area contributed by atoms with Gasteiger partial charge in [0.25, 0.3) is 0 Å². The van der Waals surface area contributed by atoms with Gasteiger partial charge in [0, 0.05) is 0 Å².